The molecule has 0 aliphatic rings. The molecule has 0 amide bonds. The van der Waals surface area contributed by atoms with Gasteiger partial charge in [0.2, 0.25) is 0 Å². The Morgan fingerprint density at radius 3 is 2.62 bits per heavy atom. The molecule has 108 valence electrons. The Hall–Kier alpha value is -2.33. The van der Waals surface area contributed by atoms with Crippen LogP contribution in [-0.2, 0) is 13.2 Å². The van der Waals surface area contributed by atoms with E-state index in [-0.39, 0.29) is 6.61 Å². The molecule has 3 aromatic rings. The molecule has 0 bridgehead atoms. The van der Waals surface area contributed by atoms with E-state index in [0.717, 1.165) is 33.4 Å². The van der Waals surface area contributed by atoms with E-state index in [2.05, 4.69) is 5.16 Å². The third kappa shape index (κ3) is 2.50. The average Bonchev–Trinajstić information content (AvgIpc) is 2.83. The second-order valence-electron chi connectivity index (χ2n) is 5.01. The van der Waals surface area contributed by atoms with Gasteiger partial charge >= 0.3 is 0 Å². The maximum Gasteiger partial charge on any atom is 0.140 e. The highest BCUT2D eigenvalue weighted by Crippen LogP contribution is 2.29. The van der Waals surface area contributed by atoms with E-state index in [1.807, 2.05) is 50.2 Å². The highest BCUT2D eigenvalue weighted by Gasteiger charge is 2.12. The first-order valence-corrected chi connectivity index (χ1v) is 6.86. The van der Waals surface area contributed by atoms with Crippen molar-refractivity contribution in [3.8, 4) is 5.75 Å². The van der Waals surface area contributed by atoms with Gasteiger partial charge in [-0.3, -0.25) is 0 Å². The third-order valence-electron chi connectivity index (χ3n) is 3.71. The van der Waals surface area contributed by atoms with Crippen molar-refractivity contribution in [2.24, 2.45) is 0 Å². The van der Waals surface area contributed by atoms with Crippen molar-refractivity contribution >= 4 is 10.8 Å². The Morgan fingerprint density at radius 1 is 1.10 bits per heavy atom. The molecule has 0 radical (unpaired) electrons. The van der Waals surface area contributed by atoms with Gasteiger partial charge in [0.15, 0.2) is 0 Å². The number of aryl methyl sites for hydroxylation is 2. The van der Waals surface area contributed by atoms with Crippen LogP contribution in [0.15, 0.2) is 40.9 Å². The summed E-state index contributed by atoms with van der Waals surface area (Å²) in [6, 6.07) is 11.8. The molecule has 0 fully saturated rings. The van der Waals surface area contributed by atoms with Crippen molar-refractivity contribution in [3.05, 3.63) is 59.0 Å². The van der Waals surface area contributed by atoms with E-state index in [1.165, 1.54) is 0 Å². The lowest BCUT2D eigenvalue weighted by Gasteiger charge is -2.12. The number of aliphatic hydroxyl groups excluding tert-OH is 1. The summed E-state index contributed by atoms with van der Waals surface area (Å²) in [7, 11) is 0. The summed E-state index contributed by atoms with van der Waals surface area (Å²) in [5, 5.41) is 15.7. The number of hydrogen-bond acceptors (Lipinski definition) is 4. The van der Waals surface area contributed by atoms with Crippen LogP contribution in [0.1, 0.15) is 22.6 Å². The van der Waals surface area contributed by atoms with Crippen LogP contribution in [0, 0.1) is 13.8 Å². The van der Waals surface area contributed by atoms with Crippen LogP contribution < -0.4 is 4.74 Å². The molecule has 1 N–H and O–H groups in total. The van der Waals surface area contributed by atoms with E-state index < -0.39 is 0 Å². The van der Waals surface area contributed by atoms with E-state index in [9.17, 15) is 5.11 Å². The van der Waals surface area contributed by atoms with Crippen molar-refractivity contribution in [1.82, 2.24) is 5.16 Å². The molecule has 21 heavy (non-hydrogen) atoms. The summed E-state index contributed by atoms with van der Waals surface area (Å²) in [5.74, 6) is 1.45. The van der Waals surface area contributed by atoms with Crippen LogP contribution in [0.2, 0.25) is 0 Å². The molecule has 1 heterocycles. The summed E-state index contributed by atoms with van der Waals surface area (Å²) in [4.78, 5) is 0. The molecule has 4 heteroatoms. The second kappa shape index (κ2) is 5.58. The molecule has 0 aliphatic carbocycles. The summed E-state index contributed by atoms with van der Waals surface area (Å²) in [5.41, 5.74) is 2.59. The Balaban J connectivity index is 1.94. The van der Waals surface area contributed by atoms with Crippen LogP contribution >= 0.6 is 0 Å². The molecule has 0 unspecified atom stereocenters. The Morgan fingerprint density at radius 2 is 1.90 bits per heavy atom. The average molecular weight is 283 g/mol. The SMILES string of the molecule is Cc1noc(C)c1COc1ccc2ccccc2c1CO. The molecule has 0 spiro atoms. The molecule has 4 nitrogen and oxygen atoms in total. The number of hydrogen-bond donors (Lipinski definition) is 1. The van der Waals surface area contributed by atoms with Crippen molar-refractivity contribution in [2.75, 3.05) is 0 Å². The van der Waals surface area contributed by atoms with Gasteiger partial charge in [-0.2, -0.15) is 0 Å². The normalized spacial score (nSPS) is 11.0. The van der Waals surface area contributed by atoms with Crippen molar-refractivity contribution in [2.45, 2.75) is 27.1 Å². The lowest BCUT2D eigenvalue weighted by Crippen LogP contribution is -2.01. The van der Waals surface area contributed by atoms with E-state index >= 15 is 0 Å². The van der Waals surface area contributed by atoms with Gasteiger partial charge in [0.05, 0.1) is 17.9 Å². The van der Waals surface area contributed by atoms with E-state index in [1.54, 1.807) is 0 Å². The molecule has 1 aromatic heterocycles. The number of aliphatic hydroxyl groups is 1. The number of fused-ring (bicyclic) bond motifs is 1. The number of ether oxygens (including phenoxy) is 1. The summed E-state index contributed by atoms with van der Waals surface area (Å²) in [6.45, 7) is 4.08. The van der Waals surface area contributed by atoms with Gasteiger partial charge in [0.25, 0.3) is 0 Å². The molecule has 2 aromatic carbocycles. The lowest BCUT2D eigenvalue weighted by molar-refractivity contribution is 0.259. The highest BCUT2D eigenvalue weighted by molar-refractivity contribution is 5.87. The third-order valence-corrected chi connectivity index (χ3v) is 3.71. The fourth-order valence-corrected chi connectivity index (χ4v) is 2.47. The van der Waals surface area contributed by atoms with Gasteiger partial charge in [-0.05, 0) is 30.7 Å². The number of benzene rings is 2. The highest BCUT2D eigenvalue weighted by atomic mass is 16.5. The molecular weight excluding hydrogens is 266 g/mol. The van der Waals surface area contributed by atoms with Crippen molar-refractivity contribution in [1.29, 1.82) is 0 Å². The first-order chi connectivity index (χ1) is 10.2. The zero-order valence-corrected chi connectivity index (χ0v) is 12.1. The summed E-state index contributed by atoms with van der Waals surface area (Å²) in [6.07, 6.45) is 0. The maximum absolute atomic E-state index is 9.67. The van der Waals surface area contributed by atoms with E-state index in [4.69, 9.17) is 9.26 Å². The zero-order valence-electron chi connectivity index (χ0n) is 12.1. The van der Waals surface area contributed by atoms with Crippen LogP contribution in [0.3, 0.4) is 0 Å². The molecule has 0 saturated heterocycles. The Bertz CT molecular complexity index is 757. The Kier molecular flexibility index (Phi) is 3.62. The molecule has 0 atom stereocenters. The van der Waals surface area contributed by atoms with Gasteiger partial charge in [-0.15, -0.1) is 0 Å². The number of aromatic nitrogens is 1. The maximum atomic E-state index is 9.67. The predicted octanol–water partition coefficient (Wildman–Crippen LogP) is 3.52. The van der Waals surface area contributed by atoms with Gasteiger partial charge in [0, 0.05) is 5.56 Å². The minimum absolute atomic E-state index is 0.0573. The quantitative estimate of drug-likeness (QED) is 0.796. The first kappa shape index (κ1) is 13.6. The minimum Gasteiger partial charge on any atom is -0.488 e. The van der Waals surface area contributed by atoms with Crippen molar-refractivity contribution in [3.63, 3.8) is 0 Å². The van der Waals surface area contributed by atoms with Crippen molar-refractivity contribution < 1.29 is 14.4 Å². The monoisotopic (exact) mass is 283 g/mol. The topological polar surface area (TPSA) is 55.5 Å². The Labute approximate surface area is 123 Å². The smallest absolute Gasteiger partial charge is 0.140 e. The minimum atomic E-state index is -0.0573. The predicted molar refractivity (Wildman–Crippen MR) is 80.2 cm³/mol. The largest absolute Gasteiger partial charge is 0.488 e. The van der Waals surface area contributed by atoms with Crippen LogP contribution in [-0.4, -0.2) is 10.3 Å². The molecule has 0 saturated carbocycles. The first-order valence-electron chi connectivity index (χ1n) is 6.86. The summed E-state index contributed by atoms with van der Waals surface area (Å²) >= 11 is 0. The standard InChI is InChI=1S/C17H17NO3/c1-11-16(12(2)21-18-11)10-20-17-8-7-13-5-3-4-6-14(13)15(17)9-19/h3-8,19H,9-10H2,1-2H3. The molecule has 3 rings (SSSR count). The second-order valence-corrected chi connectivity index (χ2v) is 5.01. The van der Waals surface area contributed by atoms with Crippen LogP contribution in [0.25, 0.3) is 10.8 Å². The van der Waals surface area contributed by atoms with Crippen LogP contribution in [0.5, 0.6) is 5.75 Å². The fraction of sp³-hybridized carbons (Fsp3) is 0.235. The number of rotatable bonds is 4. The lowest BCUT2D eigenvalue weighted by atomic mass is 10.0. The van der Waals surface area contributed by atoms with Gasteiger partial charge in [-0.1, -0.05) is 35.5 Å². The summed E-state index contributed by atoms with van der Waals surface area (Å²) < 4.78 is 11.0. The van der Waals surface area contributed by atoms with Gasteiger partial charge < -0.3 is 14.4 Å². The van der Waals surface area contributed by atoms with Crippen LogP contribution in [0.4, 0.5) is 0 Å². The van der Waals surface area contributed by atoms with E-state index in [0.29, 0.717) is 12.4 Å². The fourth-order valence-electron chi connectivity index (χ4n) is 2.47. The van der Waals surface area contributed by atoms with Gasteiger partial charge in [0.1, 0.15) is 18.1 Å². The molecular formula is C17H17NO3. The number of nitrogens with zero attached hydrogens (tertiary/aromatic N) is 1. The molecule has 0 aliphatic heterocycles. The van der Waals surface area contributed by atoms with Gasteiger partial charge in [-0.25, -0.2) is 0 Å². The zero-order chi connectivity index (χ0) is 14.8.